The first kappa shape index (κ1) is 18.2. The van der Waals surface area contributed by atoms with Gasteiger partial charge in [-0.05, 0) is 38.0 Å². The summed E-state index contributed by atoms with van der Waals surface area (Å²) in [7, 11) is 0. The van der Waals surface area contributed by atoms with Crippen LogP contribution in [0.4, 0.5) is 0 Å². The van der Waals surface area contributed by atoms with Crippen LogP contribution in [0.3, 0.4) is 0 Å². The molecule has 1 amide bonds. The number of thioether (sulfide) groups is 1. The summed E-state index contributed by atoms with van der Waals surface area (Å²) in [5.41, 5.74) is 4.24. The summed E-state index contributed by atoms with van der Waals surface area (Å²) in [5.74, 6) is 0.407. The van der Waals surface area contributed by atoms with Crippen molar-refractivity contribution in [2.45, 2.75) is 37.8 Å². The largest absolute Gasteiger partial charge is 0.411 e. The van der Waals surface area contributed by atoms with Crippen molar-refractivity contribution in [1.82, 2.24) is 15.5 Å². The van der Waals surface area contributed by atoms with Crippen LogP contribution in [0.25, 0.3) is 11.5 Å². The van der Waals surface area contributed by atoms with Crippen LogP contribution in [0.1, 0.15) is 23.6 Å². The minimum Gasteiger partial charge on any atom is -0.411 e. The first-order valence-corrected chi connectivity index (χ1v) is 9.30. The topological polar surface area (TPSA) is 68.0 Å². The molecule has 1 aromatic heterocycles. The fourth-order valence-electron chi connectivity index (χ4n) is 2.42. The van der Waals surface area contributed by atoms with Gasteiger partial charge in [0.1, 0.15) is 0 Å². The number of aromatic nitrogens is 2. The number of rotatable bonds is 6. The van der Waals surface area contributed by atoms with Crippen molar-refractivity contribution in [2.75, 3.05) is 0 Å². The highest BCUT2D eigenvalue weighted by molar-refractivity contribution is 8.00. The zero-order valence-electron chi connectivity index (χ0n) is 15.0. The third-order valence-corrected chi connectivity index (χ3v) is 4.95. The van der Waals surface area contributed by atoms with E-state index in [1.54, 1.807) is 0 Å². The van der Waals surface area contributed by atoms with Crippen LogP contribution >= 0.6 is 11.8 Å². The predicted octanol–water partition coefficient (Wildman–Crippen LogP) is 4.15. The summed E-state index contributed by atoms with van der Waals surface area (Å²) < 4.78 is 5.71. The van der Waals surface area contributed by atoms with Crippen molar-refractivity contribution in [1.29, 1.82) is 0 Å². The Balaban J connectivity index is 1.57. The van der Waals surface area contributed by atoms with E-state index in [-0.39, 0.29) is 11.2 Å². The Labute approximate surface area is 157 Å². The van der Waals surface area contributed by atoms with Gasteiger partial charge in [-0.2, -0.15) is 0 Å². The van der Waals surface area contributed by atoms with E-state index in [1.807, 2.05) is 69.3 Å². The Bertz CT molecular complexity index is 890. The number of carbonyl (C=O) groups is 1. The second-order valence-electron chi connectivity index (χ2n) is 6.15. The summed E-state index contributed by atoms with van der Waals surface area (Å²) in [5, 5.41) is 11.1. The first-order chi connectivity index (χ1) is 12.5. The van der Waals surface area contributed by atoms with Crippen LogP contribution in [0.5, 0.6) is 0 Å². The Morgan fingerprint density at radius 3 is 2.58 bits per heavy atom. The minimum atomic E-state index is -0.328. The maximum Gasteiger partial charge on any atom is 0.277 e. The average molecular weight is 367 g/mol. The van der Waals surface area contributed by atoms with Gasteiger partial charge in [0.15, 0.2) is 0 Å². The van der Waals surface area contributed by atoms with E-state index < -0.39 is 0 Å². The van der Waals surface area contributed by atoms with Crippen LogP contribution in [-0.4, -0.2) is 21.4 Å². The number of nitrogens with one attached hydrogen (secondary N) is 1. The average Bonchev–Trinajstić information content (AvgIpc) is 3.09. The van der Waals surface area contributed by atoms with E-state index in [0.29, 0.717) is 17.7 Å². The Morgan fingerprint density at radius 2 is 1.85 bits per heavy atom. The number of carbonyl (C=O) groups excluding carboxylic acids is 1. The molecule has 0 saturated carbocycles. The molecular formula is C20H21N3O2S. The Kier molecular flexibility index (Phi) is 5.73. The molecule has 0 saturated heterocycles. The molecule has 0 aliphatic heterocycles. The lowest BCUT2D eigenvalue weighted by Gasteiger charge is -2.10. The lowest BCUT2D eigenvalue weighted by atomic mass is 10.1. The highest BCUT2D eigenvalue weighted by atomic mass is 32.2. The van der Waals surface area contributed by atoms with E-state index in [9.17, 15) is 4.79 Å². The maximum absolute atomic E-state index is 12.3. The molecule has 0 bridgehead atoms. The van der Waals surface area contributed by atoms with Gasteiger partial charge in [-0.3, -0.25) is 4.79 Å². The quantitative estimate of drug-likeness (QED) is 0.663. The number of nitrogens with zero attached hydrogens (tertiary/aromatic N) is 2. The third kappa shape index (κ3) is 4.52. The summed E-state index contributed by atoms with van der Waals surface area (Å²) in [6.07, 6.45) is 0. The van der Waals surface area contributed by atoms with Gasteiger partial charge in [-0.15, -0.1) is 10.2 Å². The smallest absolute Gasteiger partial charge is 0.277 e. The van der Waals surface area contributed by atoms with Crippen molar-refractivity contribution in [3.63, 3.8) is 0 Å². The van der Waals surface area contributed by atoms with Crippen LogP contribution in [-0.2, 0) is 11.3 Å². The fraction of sp³-hybridized carbons (Fsp3) is 0.250. The zero-order chi connectivity index (χ0) is 18.5. The van der Waals surface area contributed by atoms with Gasteiger partial charge in [-0.1, -0.05) is 59.8 Å². The Hall–Kier alpha value is -2.60. The highest BCUT2D eigenvalue weighted by Gasteiger charge is 2.19. The molecule has 2 aromatic carbocycles. The lowest BCUT2D eigenvalue weighted by molar-refractivity contribution is -0.120. The molecule has 6 heteroatoms. The van der Waals surface area contributed by atoms with Crippen LogP contribution in [0.15, 0.2) is 58.2 Å². The van der Waals surface area contributed by atoms with Crippen molar-refractivity contribution >= 4 is 17.7 Å². The van der Waals surface area contributed by atoms with E-state index in [1.165, 1.54) is 17.3 Å². The van der Waals surface area contributed by atoms with E-state index in [2.05, 4.69) is 15.5 Å². The number of hydrogen-bond acceptors (Lipinski definition) is 5. The zero-order valence-corrected chi connectivity index (χ0v) is 15.8. The molecule has 0 aliphatic rings. The second kappa shape index (κ2) is 8.19. The number of benzene rings is 2. The maximum atomic E-state index is 12.3. The van der Waals surface area contributed by atoms with Crippen molar-refractivity contribution in [3.8, 4) is 11.5 Å². The summed E-state index contributed by atoms with van der Waals surface area (Å²) in [6, 6.07) is 15.9. The first-order valence-electron chi connectivity index (χ1n) is 8.42. The molecule has 26 heavy (non-hydrogen) atoms. The van der Waals surface area contributed by atoms with Crippen LogP contribution in [0, 0.1) is 13.8 Å². The van der Waals surface area contributed by atoms with Crippen molar-refractivity contribution < 1.29 is 9.21 Å². The van der Waals surface area contributed by atoms with Crippen LogP contribution < -0.4 is 5.32 Å². The van der Waals surface area contributed by atoms with Crippen molar-refractivity contribution in [3.05, 3.63) is 65.2 Å². The van der Waals surface area contributed by atoms with E-state index in [4.69, 9.17) is 4.42 Å². The van der Waals surface area contributed by atoms with E-state index in [0.717, 1.165) is 16.7 Å². The van der Waals surface area contributed by atoms with Gasteiger partial charge in [0.2, 0.25) is 11.8 Å². The molecule has 1 atom stereocenters. The number of amides is 1. The van der Waals surface area contributed by atoms with Gasteiger partial charge < -0.3 is 9.73 Å². The third-order valence-electron chi connectivity index (χ3n) is 4.02. The normalized spacial score (nSPS) is 12.0. The molecule has 134 valence electrons. The second-order valence-corrected chi connectivity index (χ2v) is 7.44. The van der Waals surface area contributed by atoms with Gasteiger partial charge in [0, 0.05) is 12.1 Å². The molecule has 1 N–H and O–H groups in total. The van der Waals surface area contributed by atoms with Gasteiger partial charge in [-0.25, -0.2) is 0 Å². The monoisotopic (exact) mass is 367 g/mol. The van der Waals surface area contributed by atoms with E-state index >= 15 is 0 Å². The summed E-state index contributed by atoms with van der Waals surface area (Å²) in [4.78, 5) is 12.3. The fourth-order valence-corrected chi connectivity index (χ4v) is 3.13. The molecular weight excluding hydrogens is 346 g/mol. The molecule has 3 rings (SSSR count). The van der Waals surface area contributed by atoms with Crippen LogP contribution in [0.2, 0.25) is 0 Å². The van der Waals surface area contributed by atoms with Gasteiger partial charge >= 0.3 is 0 Å². The molecule has 1 heterocycles. The standard InChI is InChI=1S/C20H21N3O2S/c1-13-8-10-16(11-9-13)12-21-18(24)15(3)26-20-23-22-19(25-20)17-7-5-4-6-14(17)2/h4-11,15H,12H2,1-3H3,(H,21,24)/t15-/m1/s1. The van der Waals surface area contributed by atoms with Gasteiger partial charge in [0.25, 0.3) is 5.22 Å². The summed E-state index contributed by atoms with van der Waals surface area (Å²) >= 11 is 1.26. The Morgan fingerprint density at radius 1 is 1.12 bits per heavy atom. The van der Waals surface area contributed by atoms with Crippen molar-refractivity contribution in [2.24, 2.45) is 0 Å². The molecule has 0 spiro atoms. The molecule has 5 nitrogen and oxygen atoms in total. The number of aryl methyl sites for hydroxylation is 2. The molecule has 3 aromatic rings. The highest BCUT2D eigenvalue weighted by Crippen LogP contribution is 2.27. The number of hydrogen-bond donors (Lipinski definition) is 1. The lowest BCUT2D eigenvalue weighted by Crippen LogP contribution is -2.30. The minimum absolute atomic E-state index is 0.0637. The predicted molar refractivity (Wildman–Crippen MR) is 103 cm³/mol. The molecule has 0 radical (unpaired) electrons. The molecule has 0 fully saturated rings. The molecule has 0 aliphatic carbocycles. The summed E-state index contributed by atoms with van der Waals surface area (Å²) in [6.45, 7) is 6.36. The molecule has 0 unspecified atom stereocenters. The van der Waals surface area contributed by atoms with Gasteiger partial charge in [0.05, 0.1) is 5.25 Å². The SMILES string of the molecule is Cc1ccc(CNC(=O)[C@@H](C)Sc2nnc(-c3ccccc3C)o2)cc1.